The van der Waals surface area contributed by atoms with E-state index >= 15 is 0 Å². The van der Waals surface area contributed by atoms with Gasteiger partial charge in [-0.3, -0.25) is 14.4 Å². The van der Waals surface area contributed by atoms with E-state index < -0.39 is 14.9 Å². The summed E-state index contributed by atoms with van der Waals surface area (Å²) in [4.78, 5) is 10.4. The van der Waals surface area contributed by atoms with Crippen molar-refractivity contribution >= 4 is 21.4 Å². The third kappa shape index (κ3) is 3.05. The lowest BCUT2D eigenvalue weighted by Gasteiger charge is -2.22. The van der Waals surface area contributed by atoms with Crippen LogP contribution in [0.3, 0.4) is 0 Å². The van der Waals surface area contributed by atoms with Crippen LogP contribution in [-0.2, 0) is 10.0 Å². The highest BCUT2D eigenvalue weighted by Crippen LogP contribution is 2.29. The second kappa shape index (κ2) is 6.00. The lowest BCUT2D eigenvalue weighted by Crippen LogP contribution is -2.27. The van der Waals surface area contributed by atoms with Gasteiger partial charge in [0.15, 0.2) is 0 Å². The molecule has 2 rings (SSSR count). The monoisotopic (exact) mass is 334 g/mol. The summed E-state index contributed by atoms with van der Waals surface area (Å²) in [5.41, 5.74) is 2.58. The predicted octanol–water partition coefficient (Wildman–Crippen LogP) is 3.35. The Kier molecular flexibility index (Phi) is 4.42. The van der Waals surface area contributed by atoms with Gasteiger partial charge in [0.1, 0.15) is 0 Å². The van der Waals surface area contributed by atoms with Gasteiger partial charge >= 0.3 is 0 Å². The van der Waals surface area contributed by atoms with Crippen LogP contribution < -0.4 is 4.31 Å². The maximum Gasteiger partial charge on any atom is 0.273 e. The molecular formula is C16H18N2O4S. The number of nitro groups is 1. The van der Waals surface area contributed by atoms with Crippen LogP contribution >= 0.6 is 0 Å². The summed E-state index contributed by atoms with van der Waals surface area (Å²) >= 11 is 0. The fourth-order valence-electron chi connectivity index (χ4n) is 2.31. The van der Waals surface area contributed by atoms with Crippen molar-refractivity contribution < 1.29 is 13.3 Å². The van der Waals surface area contributed by atoms with Crippen LogP contribution in [-0.4, -0.2) is 20.4 Å². The minimum atomic E-state index is -3.88. The van der Waals surface area contributed by atoms with E-state index in [1.165, 1.54) is 19.2 Å². The van der Waals surface area contributed by atoms with E-state index in [4.69, 9.17) is 0 Å². The minimum absolute atomic E-state index is 0.0989. The Hall–Kier alpha value is -2.41. The van der Waals surface area contributed by atoms with Crippen LogP contribution in [0.5, 0.6) is 0 Å². The SMILES string of the molecule is Cc1ccc(S(=O)(=O)N(C)c2cccc(C)c2C)cc1[N+](=O)[O-]. The Morgan fingerprint density at radius 2 is 1.70 bits per heavy atom. The molecule has 0 spiro atoms. The molecule has 2 aromatic carbocycles. The van der Waals surface area contributed by atoms with Crippen LogP contribution in [0.1, 0.15) is 16.7 Å². The molecule has 0 saturated heterocycles. The Morgan fingerprint density at radius 1 is 1.04 bits per heavy atom. The molecule has 0 aliphatic rings. The van der Waals surface area contributed by atoms with E-state index in [1.807, 2.05) is 19.9 Å². The molecule has 0 bridgehead atoms. The van der Waals surface area contributed by atoms with Crippen molar-refractivity contribution in [2.75, 3.05) is 11.4 Å². The maximum absolute atomic E-state index is 12.8. The maximum atomic E-state index is 12.8. The molecular weight excluding hydrogens is 316 g/mol. The number of benzene rings is 2. The summed E-state index contributed by atoms with van der Waals surface area (Å²) < 4.78 is 26.7. The Labute approximate surface area is 135 Å². The molecule has 122 valence electrons. The van der Waals surface area contributed by atoms with Crippen LogP contribution in [0, 0.1) is 30.9 Å². The summed E-state index contributed by atoms with van der Waals surface area (Å²) in [7, 11) is -2.43. The predicted molar refractivity (Wildman–Crippen MR) is 89.3 cm³/mol. The topological polar surface area (TPSA) is 80.5 Å². The lowest BCUT2D eigenvalue weighted by atomic mass is 10.1. The Morgan fingerprint density at radius 3 is 2.30 bits per heavy atom. The van der Waals surface area contributed by atoms with Crippen molar-refractivity contribution in [1.82, 2.24) is 0 Å². The van der Waals surface area contributed by atoms with Gasteiger partial charge in [-0.25, -0.2) is 8.42 Å². The fraction of sp³-hybridized carbons (Fsp3) is 0.250. The smallest absolute Gasteiger partial charge is 0.269 e. The van der Waals surface area contributed by atoms with E-state index in [2.05, 4.69) is 0 Å². The Bertz CT molecular complexity index is 876. The van der Waals surface area contributed by atoms with Gasteiger partial charge in [-0.2, -0.15) is 0 Å². The van der Waals surface area contributed by atoms with Crippen LogP contribution in [0.2, 0.25) is 0 Å². The first-order chi connectivity index (χ1) is 10.7. The standard InChI is InChI=1S/C16H18N2O4S/c1-11-6-5-7-15(13(11)3)17(4)23(21,22)14-9-8-12(2)16(10-14)18(19)20/h5-10H,1-4H3. The van der Waals surface area contributed by atoms with Crippen molar-refractivity contribution in [1.29, 1.82) is 0 Å². The fourth-order valence-corrected chi connectivity index (χ4v) is 3.58. The average Bonchev–Trinajstić information content (AvgIpc) is 2.49. The summed E-state index contributed by atoms with van der Waals surface area (Å²) in [6.45, 7) is 5.31. The van der Waals surface area contributed by atoms with E-state index in [1.54, 1.807) is 19.1 Å². The molecule has 0 aliphatic carbocycles. The van der Waals surface area contributed by atoms with Crippen LogP contribution in [0.4, 0.5) is 11.4 Å². The second-order valence-corrected chi connectivity index (χ2v) is 7.37. The molecule has 0 heterocycles. The van der Waals surface area contributed by atoms with Crippen LogP contribution in [0.15, 0.2) is 41.3 Å². The number of anilines is 1. The van der Waals surface area contributed by atoms with Crippen LogP contribution in [0.25, 0.3) is 0 Å². The summed E-state index contributed by atoms with van der Waals surface area (Å²) in [5, 5.41) is 11.0. The Balaban J connectivity index is 2.56. The first-order valence-electron chi connectivity index (χ1n) is 6.96. The molecule has 0 radical (unpaired) electrons. The van der Waals surface area contributed by atoms with Gasteiger partial charge in [-0.15, -0.1) is 0 Å². The molecule has 0 fully saturated rings. The van der Waals surface area contributed by atoms with E-state index in [0.29, 0.717) is 11.3 Å². The second-order valence-electron chi connectivity index (χ2n) is 5.40. The molecule has 0 atom stereocenters. The lowest BCUT2D eigenvalue weighted by molar-refractivity contribution is -0.385. The first-order valence-corrected chi connectivity index (χ1v) is 8.40. The zero-order valence-electron chi connectivity index (χ0n) is 13.4. The van der Waals surface area contributed by atoms with Crippen molar-refractivity contribution in [3.63, 3.8) is 0 Å². The number of nitro benzene ring substituents is 1. The van der Waals surface area contributed by atoms with E-state index in [9.17, 15) is 18.5 Å². The van der Waals surface area contributed by atoms with Gasteiger partial charge in [0.2, 0.25) is 0 Å². The summed E-state index contributed by atoms with van der Waals surface area (Å²) in [6, 6.07) is 9.33. The van der Waals surface area contributed by atoms with Crippen molar-refractivity contribution in [3.8, 4) is 0 Å². The van der Waals surface area contributed by atoms with E-state index in [0.717, 1.165) is 21.5 Å². The number of nitrogens with zero attached hydrogens (tertiary/aromatic N) is 2. The molecule has 0 amide bonds. The third-order valence-corrected chi connectivity index (χ3v) is 5.72. The normalized spacial score (nSPS) is 11.3. The minimum Gasteiger partial charge on any atom is -0.269 e. The molecule has 0 N–H and O–H groups in total. The average molecular weight is 334 g/mol. The van der Waals surface area contributed by atoms with Gasteiger partial charge < -0.3 is 0 Å². The highest BCUT2D eigenvalue weighted by molar-refractivity contribution is 7.92. The number of aryl methyl sites for hydroxylation is 2. The van der Waals surface area contributed by atoms with Crippen molar-refractivity contribution in [2.45, 2.75) is 25.7 Å². The molecule has 2 aromatic rings. The zero-order chi connectivity index (χ0) is 17.4. The van der Waals surface area contributed by atoms with Gasteiger partial charge in [-0.1, -0.05) is 18.2 Å². The quantitative estimate of drug-likeness (QED) is 0.634. The van der Waals surface area contributed by atoms with Crippen molar-refractivity contribution in [2.24, 2.45) is 0 Å². The number of rotatable bonds is 4. The first kappa shape index (κ1) is 17.0. The molecule has 0 unspecified atom stereocenters. The zero-order valence-corrected chi connectivity index (χ0v) is 14.2. The molecule has 6 nitrogen and oxygen atoms in total. The van der Waals surface area contributed by atoms with Gasteiger partial charge in [0.25, 0.3) is 15.7 Å². The highest BCUT2D eigenvalue weighted by atomic mass is 32.2. The number of hydrogen-bond acceptors (Lipinski definition) is 4. The van der Waals surface area contributed by atoms with Crippen molar-refractivity contribution in [3.05, 3.63) is 63.2 Å². The van der Waals surface area contributed by atoms with Gasteiger partial charge in [-0.05, 0) is 44.0 Å². The van der Waals surface area contributed by atoms with Gasteiger partial charge in [0.05, 0.1) is 15.5 Å². The van der Waals surface area contributed by atoms with E-state index in [-0.39, 0.29) is 10.6 Å². The molecule has 0 saturated carbocycles. The highest BCUT2D eigenvalue weighted by Gasteiger charge is 2.25. The molecule has 0 aliphatic heterocycles. The number of hydrogen-bond donors (Lipinski definition) is 0. The molecule has 0 aromatic heterocycles. The number of sulfonamides is 1. The third-order valence-electron chi connectivity index (χ3n) is 3.95. The molecule has 7 heteroatoms. The molecule has 23 heavy (non-hydrogen) atoms. The van der Waals surface area contributed by atoms with Gasteiger partial charge in [0, 0.05) is 18.7 Å². The summed E-state index contributed by atoms with van der Waals surface area (Å²) in [6.07, 6.45) is 0. The summed E-state index contributed by atoms with van der Waals surface area (Å²) in [5.74, 6) is 0. The largest absolute Gasteiger partial charge is 0.273 e.